The largest absolute Gasteiger partial charge is 0.504 e. The van der Waals surface area contributed by atoms with E-state index in [1.54, 1.807) is 12.1 Å². The van der Waals surface area contributed by atoms with Crippen LogP contribution < -0.4 is 14.9 Å². The fourth-order valence-electron chi connectivity index (χ4n) is 2.02. The van der Waals surface area contributed by atoms with Crippen LogP contribution in [0.2, 0.25) is 0 Å². The predicted octanol–water partition coefficient (Wildman–Crippen LogP) is 2.40. The van der Waals surface area contributed by atoms with E-state index >= 15 is 0 Å². The van der Waals surface area contributed by atoms with E-state index in [1.165, 1.54) is 25.6 Å². The summed E-state index contributed by atoms with van der Waals surface area (Å²) in [5.41, 5.74) is -0.548. The first-order chi connectivity index (χ1) is 10.6. The van der Waals surface area contributed by atoms with Crippen molar-refractivity contribution in [2.24, 2.45) is 0 Å². The van der Waals surface area contributed by atoms with Crippen LogP contribution >= 0.6 is 0 Å². The average Bonchev–Trinajstić information content (AvgIpc) is 2.47. The van der Waals surface area contributed by atoms with Crippen molar-refractivity contribution in [3.63, 3.8) is 0 Å². The third-order valence-electron chi connectivity index (χ3n) is 2.98. The molecule has 7 heteroatoms. The van der Waals surface area contributed by atoms with Crippen molar-refractivity contribution >= 4 is 11.0 Å². The number of nitrogens with zero attached hydrogens (tertiary/aromatic N) is 1. The van der Waals surface area contributed by atoms with Crippen molar-refractivity contribution in [1.82, 2.24) is 4.98 Å². The zero-order chi connectivity index (χ0) is 15.7. The third kappa shape index (κ3) is 2.28. The van der Waals surface area contributed by atoms with Gasteiger partial charge in [-0.2, -0.15) is 0 Å². The monoisotopic (exact) mass is 301 g/mol. The van der Waals surface area contributed by atoms with Gasteiger partial charge in [0.05, 0.1) is 13.2 Å². The van der Waals surface area contributed by atoms with Crippen LogP contribution in [-0.2, 0) is 0 Å². The molecule has 0 spiro atoms. The molecule has 112 valence electrons. The summed E-state index contributed by atoms with van der Waals surface area (Å²) in [6.45, 7) is 0. The van der Waals surface area contributed by atoms with Crippen molar-refractivity contribution in [2.45, 2.75) is 0 Å². The molecule has 0 aliphatic carbocycles. The standard InChI is InChI=1S/C15H11NO6/c1-20-15-10(18)6-11-13(14(15)19)9(17)7-12(22-11)21-8-2-4-16-5-3-8/h2-7,18-19H,1H3. The highest BCUT2D eigenvalue weighted by Crippen LogP contribution is 2.41. The Balaban J connectivity index is 2.15. The molecule has 0 saturated carbocycles. The Morgan fingerprint density at radius 1 is 1.18 bits per heavy atom. The number of phenols is 2. The van der Waals surface area contributed by atoms with Crippen LogP contribution in [0.3, 0.4) is 0 Å². The van der Waals surface area contributed by atoms with Gasteiger partial charge in [0.25, 0.3) is 5.95 Å². The molecule has 0 fully saturated rings. The number of benzene rings is 1. The highest BCUT2D eigenvalue weighted by Gasteiger charge is 2.18. The van der Waals surface area contributed by atoms with Gasteiger partial charge in [0.1, 0.15) is 16.7 Å². The number of fused-ring (bicyclic) bond motifs is 1. The summed E-state index contributed by atoms with van der Waals surface area (Å²) in [4.78, 5) is 16.0. The van der Waals surface area contributed by atoms with Crippen molar-refractivity contribution < 1.29 is 24.1 Å². The number of rotatable bonds is 3. The van der Waals surface area contributed by atoms with E-state index in [4.69, 9.17) is 13.9 Å². The summed E-state index contributed by atoms with van der Waals surface area (Å²) in [6, 6.07) is 5.45. The number of hydrogen-bond donors (Lipinski definition) is 2. The van der Waals surface area contributed by atoms with E-state index in [1.807, 2.05) is 0 Å². The van der Waals surface area contributed by atoms with Crippen LogP contribution in [0.4, 0.5) is 0 Å². The number of pyridine rings is 1. The zero-order valence-electron chi connectivity index (χ0n) is 11.4. The van der Waals surface area contributed by atoms with Crippen LogP contribution in [0.5, 0.6) is 28.9 Å². The fraction of sp³-hybridized carbons (Fsp3) is 0.0667. The smallest absolute Gasteiger partial charge is 0.294 e. The van der Waals surface area contributed by atoms with Gasteiger partial charge in [0.2, 0.25) is 11.2 Å². The second-order valence-electron chi connectivity index (χ2n) is 4.37. The quantitative estimate of drug-likeness (QED) is 0.765. The van der Waals surface area contributed by atoms with E-state index in [9.17, 15) is 15.0 Å². The van der Waals surface area contributed by atoms with E-state index in [0.29, 0.717) is 5.75 Å². The second kappa shape index (κ2) is 5.28. The van der Waals surface area contributed by atoms with Crippen LogP contribution in [0.25, 0.3) is 11.0 Å². The third-order valence-corrected chi connectivity index (χ3v) is 2.98. The Kier molecular flexibility index (Phi) is 3.30. The van der Waals surface area contributed by atoms with Crippen molar-refractivity contribution in [3.8, 4) is 28.9 Å². The molecule has 0 unspecified atom stereocenters. The van der Waals surface area contributed by atoms with Gasteiger partial charge < -0.3 is 24.1 Å². The molecule has 7 nitrogen and oxygen atoms in total. The summed E-state index contributed by atoms with van der Waals surface area (Å²) >= 11 is 0. The number of methoxy groups -OCH3 is 1. The molecule has 0 aliphatic heterocycles. The lowest BCUT2D eigenvalue weighted by Crippen LogP contribution is -2.02. The average molecular weight is 301 g/mol. The molecule has 0 radical (unpaired) electrons. The molecule has 0 atom stereocenters. The highest BCUT2D eigenvalue weighted by molar-refractivity contribution is 5.88. The van der Waals surface area contributed by atoms with Crippen molar-refractivity contribution in [2.75, 3.05) is 7.11 Å². The lowest BCUT2D eigenvalue weighted by atomic mass is 10.2. The molecule has 2 N–H and O–H groups in total. The maximum atomic E-state index is 12.1. The van der Waals surface area contributed by atoms with Gasteiger partial charge in [-0.25, -0.2) is 0 Å². The molecule has 2 heterocycles. The Morgan fingerprint density at radius 2 is 1.91 bits per heavy atom. The number of ether oxygens (including phenoxy) is 2. The molecule has 2 aromatic heterocycles. The summed E-state index contributed by atoms with van der Waals surface area (Å²) in [6.07, 6.45) is 3.05. The fourth-order valence-corrected chi connectivity index (χ4v) is 2.02. The first-order valence-corrected chi connectivity index (χ1v) is 6.25. The maximum Gasteiger partial charge on any atom is 0.294 e. The van der Waals surface area contributed by atoms with Crippen LogP contribution in [-0.4, -0.2) is 22.3 Å². The zero-order valence-corrected chi connectivity index (χ0v) is 11.4. The van der Waals surface area contributed by atoms with Gasteiger partial charge in [0, 0.05) is 18.5 Å². The van der Waals surface area contributed by atoms with E-state index in [-0.39, 0.29) is 28.4 Å². The summed E-state index contributed by atoms with van der Waals surface area (Å²) in [7, 11) is 1.27. The van der Waals surface area contributed by atoms with Gasteiger partial charge >= 0.3 is 0 Å². The SMILES string of the molecule is COc1c(O)cc2oc(Oc3ccncc3)cc(=O)c2c1O. The molecule has 0 amide bonds. The summed E-state index contributed by atoms with van der Waals surface area (Å²) in [5, 5.41) is 19.7. The highest BCUT2D eigenvalue weighted by atomic mass is 16.6. The number of hydrogen-bond acceptors (Lipinski definition) is 7. The molecule has 3 aromatic rings. The first kappa shape index (κ1) is 13.7. The molecule has 1 aromatic carbocycles. The predicted molar refractivity (Wildman–Crippen MR) is 76.7 cm³/mol. The van der Waals surface area contributed by atoms with E-state index in [2.05, 4.69) is 4.98 Å². The number of phenolic OH excluding ortho intramolecular Hbond substituents is 2. The number of aromatic nitrogens is 1. The topological polar surface area (TPSA) is 102 Å². The van der Waals surface area contributed by atoms with Gasteiger partial charge in [0.15, 0.2) is 11.5 Å². The van der Waals surface area contributed by atoms with Gasteiger partial charge in [-0.1, -0.05) is 0 Å². The summed E-state index contributed by atoms with van der Waals surface area (Å²) in [5.74, 6) is -0.673. The van der Waals surface area contributed by atoms with Gasteiger partial charge in [-0.05, 0) is 12.1 Å². The molecule has 3 rings (SSSR count). The lowest BCUT2D eigenvalue weighted by molar-refractivity contribution is 0.339. The Bertz CT molecular complexity index is 888. The molecule has 22 heavy (non-hydrogen) atoms. The normalized spacial score (nSPS) is 10.6. The minimum absolute atomic E-state index is 0.0210. The maximum absolute atomic E-state index is 12.1. The first-order valence-electron chi connectivity index (χ1n) is 6.25. The lowest BCUT2D eigenvalue weighted by Gasteiger charge is -2.09. The molecule has 0 aliphatic rings. The molecular weight excluding hydrogens is 290 g/mol. The van der Waals surface area contributed by atoms with Crippen molar-refractivity contribution in [1.29, 1.82) is 0 Å². The van der Waals surface area contributed by atoms with Crippen molar-refractivity contribution in [3.05, 3.63) is 46.9 Å². The van der Waals surface area contributed by atoms with Gasteiger partial charge in [-0.3, -0.25) is 9.78 Å². The van der Waals surface area contributed by atoms with E-state index in [0.717, 1.165) is 6.07 Å². The summed E-state index contributed by atoms with van der Waals surface area (Å²) < 4.78 is 15.6. The van der Waals surface area contributed by atoms with E-state index < -0.39 is 11.2 Å². The molecular formula is C15H11NO6. The minimum atomic E-state index is -0.527. The number of aromatic hydroxyl groups is 2. The molecule has 0 bridgehead atoms. The Labute approximate surface area is 124 Å². The van der Waals surface area contributed by atoms with Gasteiger partial charge in [-0.15, -0.1) is 0 Å². The van der Waals surface area contributed by atoms with Crippen LogP contribution in [0.15, 0.2) is 45.9 Å². The Morgan fingerprint density at radius 3 is 2.59 bits per heavy atom. The van der Waals surface area contributed by atoms with Crippen LogP contribution in [0.1, 0.15) is 0 Å². The minimum Gasteiger partial charge on any atom is -0.504 e. The Hall–Kier alpha value is -3.22. The second-order valence-corrected chi connectivity index (χ2v) is 4.37. The van der Waals surface area contributed by atoms with Crippen LogP contribution in [0, 0.1) is 0 Å². The molecule has 0 saturated heterocycles.